The third-order valence-corrected chi connectivity index (χ3v) is 17.0. The van der Waals surface area contributed by atoms with Crippen LogP contribution in [0.25, 0.3) is 0 Å². The Bertz CT molecular complexity index is 1640. The van der Waals surface area contributed by atoms with Crippen LogP contribution in [0.4, 0.5) is 0 Å². The Morgan fingerprint density at radius 3 is 1.59 bits per heavy atom. The van der Waals surface area contributed by atoms with Crippen LogP contribution in [0.1, 0.15) is 204 Å². The number of rotatable bonds is 13. The molecule has 0 amide bonds. The molecule has 10 atom stereocenters. The zero-order chi connectivity index (χ0) is 44.8. The van der Waals surface area contributed by atoms with Gasteiger partial charge in [0.2, 0.25) is 0 Å². The first-order valence-corrected chi connectivity index (χ1v) is 25.0. The van der Waals surface area contributed by atoms with Crippen molar-refractivity contribution < 1.29 is 24.9 Å². The van der Waals surface area contributed by atoms with E-state index in [1.165, 1.54) is 106 Å². The fraction of sp³-hybridized carbons (Fsp3) is 0.768. The molecule has 0 aromatic carbocycles. The highest BCUT2D eigenvalue weighted by molar-refractivity contribution is 5.66. The molecular formula is C56H90O5. The second-order valence-corrected chi connectivity index (χ2v) is 23.0. The number of aliphatic hydroxyl groups excluding tert-OH is 1. The van der Waals surface area contributed by atoms with Crippen LogP contribution in [0.2, 0.25) is 0 Å². The molecule has 4 unspecified atom stereocenters. The molecule has 5 heteroatoms. The van der Waals surface area contributed by atoms with Gasteiger partial charge in [-0.15, -0.1) is 0 Å². The monoisotopic (exact) mass is 843 g/mol. The molecule has 6 rings (SSSR count). The summed E-state index contributed by atoms with van der Waals surface area (Å²) in [5.74, 6) is 4.26. The summed E-state index contributed by atoms with van der Waals surface area (Å²) in [6.07, 6.45) is 33.9. The van der Waals surface area contributed by atoms with Crippen molar-refractivity contribution in [2.75, 3.05) is 0 Å². The number of esters is 1. The van der Waals surface area contributed by atoms with Gasteiger partial charge in [-0.25, -0.2) is 0 Å². The van der Waals surface area contributed by atoms with Gasteiger partial charge < -0.3 is 20.1 Å². The molecule has 0 bridgehead atoms. The van der Waals surface area contributed by atoms with E-state index in [2.05, 4.69) is 65.2 Å². The van der Waals surface area contributed by atoms with Gasteiger partial charge in [-0.2, -0.15) is 0 Å². The number of ether oxygens (including phenoxy) is 1. The van der Waals surface area contributed by atoms with E-state index in [0.29, 0.717) is 22.7 Å². The van der Waals surface area contributed by atoms with Gasteiger partial charge in [-0.3, -0.25) is 4.79 Å². The van der Waals surface area contributed by atoms with E-state index in [-0.39, 0.29) is 18.2 Å². The summed E-state index contributed by atoms with van der Waals surface area (Å²) in [7, 11) is 0. The highest BCUT2D eigenvalue weighted by Crippen LogP contribution is 2.61. The Labute approximate surface area is 373 Å². The standard InChI is InChI=1S/C29H46O3.C27H44O2/c1-20-11-14-25(32-22(3)30)19-24(20)13-12-23-10-8-18-29(6)26(15-16-27(23)29)21(2)9-7-17-28(4,5)31;1-19-10-13-23(28)18-22(19)12-11-21-9-7-17-27(5)24(14-15-25(21)27)20(2)8-6-16-26(3,4)29/h12-13,21,25-27,31H,1,7-11,14-19H2,2-6H3;11-12,20,23-25,28-29H,1,6-10,13-18H2,2-5H3/b23-12+,24-13-;21-11+,22-12-/t21?,25-,26+,27?,29+;20?,23-,24+,25?,27+/m00/s1. The molecule has 6 saturated carbocycles. The largest absolute Gasteiger partial charge is 0.462 e. The van der Waals surface area contributed by atoms with Crippen molar-refractivity contribution in [3.63, 3.8) is 0 Å². The molecule has 3 N–H and O–H groups in total. The molecular weight excluding hydrogens is 753 g/mol. The maximum Gasteiger partial charge on any atom is 0.302 e. The van der Waals surface area contributed by atoms with Gasteiger partial charge in [0.1, 0.15) is 6.10 Å². The van der Waals surface area contributed by atoms with E-state index in [9.17, 15) is 20.1 Å². The van der Waals surface area contributed by atoms with E-state index < -0.39 is 11.2 Å². The lowest BCUT2D eigenvalue weighted by Crippen LogP contribution is -2.36. The van der Waals surface area contributed by atoms with Gasteiger partial charge in [-0.05, 0) is 194 Å². The van der Waals surface area contributed by atoms with Crippen molar-refractivity contribution in [3.8, 4) is 0 Å². The molecule has 0 heterocycles. The maximum atomic E-state index is 11.4. The summed E-state index contributed by atoms with van der Waals surface area (Å²) in [6, 6.07) is 0. The quantitative estimate of drug-likeness (QED) is 0.161. The first kappa shape index (κ1) is 49.8. The van der Waals surface area contributed by atoms with Gasteiger partial charge in [0, 0.05) is 13.3 Å². The third kappa shape index (κ3) is 13.4. The number of fused-ring (bicyclic) bond motifs is 2. The molecule has 61 heavy (non-hydrogen) atoms. The van der Waals surface area contributed by atoms with E-state index in [4.69, 9.17) is 4.74 Å². The molecule has 5 nitrogen and oxygen atoms in total. The van der Waals surface area contributed by atoms with Crippen molar-refractivity contribution >= 4 is 5.97 Å². The van der Waals surface area contributed by atoms with Crippen LogP contribution in [-0.2, 0) is 9.53 Å². The summed E-state index contributed by atoms with van der Waals surface area (Å²) in [5, 5.41) is 30.1. The summed E-state index contributed by atoms with van der Waals surface area (Å²) in [4.78, 5) is 11.4. The SMILES string of the molecule is C=C1CC[C@H](O)C/C1=C/C=C1\CCC[C@@]2(C)C1CC[C@@H]2C(C)CCCC(C)(C)O.C=C1CC[C@H](OC(C)=O)C/C1=C/C=C1\CCC[C@@]2(C)C1CC[C@@H]2C(C)CCCC(C)(C)O. The van der Waals surface area contributed by atoms with Crippen LogP contribution in [0, 0.1) is 46.3 Å². The summed E-state index contributed by atoms with van der Waals surface area (Å²) in [5.41, 5.74) is 7.96. The minimum Gasteiger partial charge on any atom is -0.462 e. The van der Waals surface area contributed by atoms with Gasteiger partial charge in [0.25, 0.3) is 0 Å². The highest BCUT2D eigenvalue weighted by atomic mass is 16.5. The smallest absolute Gasteiger partial charge is 0.302 e. The van der Waals surface area contributed by atoms with E-state index in [1.54, 1.807) is 11.1 Å². The first-order chi connectivity index (χ1) is 28.6. The van der Waals surface area contributed by atoms with Gasteiger partial charge in [0.15, 0.2) is 0 Å². The molecule has 6 fully saturated rings. The predicted octanol–water partition coefficient (Wildman–Crippen LogP) is 14.0. The highest BCUT2D eigenvalue weighted by Gasteiger charge is 2.51. The molecule has 0 aromatic heterocycles. The zero-order valence-electron chi connectivity index (χ0n) is 40.6. The number of aliphatic hydroxyl groups is 3. The first-order valence-electron chi connectivity index (χ1n) is 25.0. The van der Waals surface area contributed by atoms with Crippen LogP contribution in [0.5, 0.6) is 0 Å². The molecule has 6 aliphatic carbocycles. The van der Waals surface area contributed by atoms with Crippen LogP contribution >= 0.6 is 0 Å². The fourth-order valence-electron chi connectivity index (χ4n) is 13.7. The van der Waals surface area contributed by atoms with Crippen molar-refractivity contribution in [2.45, 2.75) is 227 Å². The van der Waals surface area contributed by atoms with Crippen molar-refractivity contribution in [1.29, 1.82) is 0 Å². The average molecular weight is 843 g/mol. The van der Waals surface area contributed by atoms with Gasteiger partial charge in [-0.1, -0.05) is 113 Å². The molecule has 0 spiro atoms. The van der Waals surface area contributed by atoms with Gasteiger partial charge >= 0.3 is 5.97 Å². The van der Waals surface area contributed by atoms with E-state index >= 15 is 0 Å². The lowest BCUT2D eigenvalue weighted by molar-refractivity contribution is -0.146. The Morgan fingerprint density at radius 2 is 1.15 bits per heavy atom. The number of carbonyl (C=O) groups excluding carboxylic acids is 1. The van der Waals surface area contributed by atoms with Crippen molar-refractivity contribution in [3.05, 3.63) is 70.9 Å². The summed E-state index contributed by atoms with van der Waals surface area (Å²) >= 11 is 0. The Balaban J connectivity index is 0.000000232. The molecule has 0 radical (unpaired) electrons. The van der Waals surface area contributed by atoms with E-state index in [0.717, 1.165) is 87.9 Å². The number of carbonyl (C=O) groups is 1. The minimum atomic E-state index is -0.548. The number of hydrogen-bond donors (Lipinski definition) is 3. The molecule has 0 saturated heterocycles. The Hall–Kier alpha value is -2.21. The third-order valence-electron chi connectivity index (χ3n) is 17.0. The minimum absolute atomic E-state index is 0.000111. The zero-order valence-corrected chi connectivity index (χ0v) is 40.6. The summed E-state index contributed by atoms with van der Waals surface area (Å²) in [6.45, 7) is 27.7. The molecule has 344 valence electrons. The Morgan fingerprint density at radius 1 is 0.705 bits per heavy atom. The molecule has 6 aliphatic rings. The van der Waals surface area contributed by atoms with E-state index in [1.807, 2.05) is 27.7 Å². The molecule has 0 aromatic rings. The second kappa shape index (κ2) is 21.2. The second-order valence-electron chi connectivity index (χ2n) is 23.0. The van der Waals surface area contributed by atoms with Crippen molar-refractivity contribution in [1.82, 2.24) is 0 Å². The van der Waals surface area contributed by atoms with Crippen LogP contribution in [-0.4, -0.2) is 44.7 Å². The fourth-order valence-corrected chi connectivity index (χ4v) is 13.7. The summed E-state index contributed by atoms with van der Waals surface area (Å²) < 4.78 is 5.48. The number of allylic oxidation sites excluding steroid dienone is 8. The van der Waals surface area contributed by atoms with Crippen LogP contribution in [0.15, 0.2) is 70.9 Å². The average Bonchev–Trinajstić information content (AvgIpc) is 3.71. The van der Waals surface area contributed by atoms with Crippen LogP contribution in [0.3, 0.4) is 0 Å². The topological polar surface area (TPSA) is 87.0 Å². The molecule has 0 aliphatic heterocycles. The lowest BCUT2D eigenvalue weighted by Gasteiger charge is -2.44. The van der Waals surface area contributed by atoms with Gasteiger partial charge in [0.05, 0.1) is 17.3 Å². The van der Waals surface area contributed by atoms with Crippen molar-refractivity contribution in [2.24, 2.45) is 46.3 Å². The predicted molar refractivity (Wildman–Crippen MR) is 255 cm³/mol. The Kier molecular flexibility index (Phi) is 17.3. The van der Waals surface area contributed by atoms with Crippen LogP contribution < -0.4 is 0 Å². The lowest BCUT2D eigenvalue weighted by atomic mass is 9.60. The maximum absolute atomic E-state index is 11.4. The number of hydrogen-bond acceptors (Lipinski definition) is 5. The normalized spacial score (nSPS) is 35.8.